The quantitative estimate of drug-likeness (QED) is 0.903. The Kier molecular flexibility index (Phi) is 3.60. The number of hydrogen-bond donors (Lipinski definition) is 1. The van der Waals surface area contributed by atoms with E-state index in [4.69, 9.17) is 10.5 Å². The fraction of sp³-hybridized carbons (Fsp3) is 0.500. The first kappa shape index (κ1) is 13.1. The Labute approximate surface area is 121 Å². The molecule has 2 atom stereocenters. The molecule has 0 aromatic heterocycles. The van der Waals surface area contributed by atoms with E-state index in [0.29, 0.717) is 6.54 Å². The molecular formula is C14H17BrN2O2. The molecule has 2 N–H and O–H groups in total. The van der Waals surface area contributed by atoms with E-state index in [1.54, 1.807) is 0 Å². The Balaban J connectivity index is 1.77. The van der Waals surface area contributed by atoms with Crippen LogP contribution in [0.3, 0.4) is 0 Å². The van der Waals surface area contributed by atoms with Gasteiger partial charge in [-0.05, 0) is 43.0 Å². The third-order valence-corrected chi connectivity index (χ3v) is 4.34. The lowest BCUT2D eigenvalue weighted by Gasteiger charge is -2.21. The van der Waals surface area contributed by atoms with Gasteiger partial charge in [0, 0.05) is 23.2 Å². The number of halogens is 1. The van der Waals surface area contributed by atoms with Crippen LogP contribution in [0.2, 0.25) is 0 Å². The smallest absolute Gasteiger partial charge is 0.256 e. The van der Waals surface area contributed by atoms with E-state index >= 15 is 0 Å². The Morgan fingerprint density at radius 1 is 1.47 bits per heavy atom. The van der Waals surface area contributed by atoms with Crippen LogP contribution in [0, 0.1) is 0 Å². The zero-order valence-corrected chi connectivity index (χ0v) is 12.2. The number of nitrogens with two attached hydrogens (primary N) is 1. The molecule has 0 bridgehead atoms. The number of carbonyl (C=O) groups is 1. The number of carbonyl (C=O) groups excluding carboxylic acids is 1. The van der Waals surface area contributed by atoms with Gasteiger partial charge in [-0.2, -0.15) is 0 Å². The highest BCUT2D eigenvalue weighted by Crippen LogP contribution is 2.32. The maximum atomic E-state index is 12.5. The summed E-state index contributed by atoms with van der Waals surface area (Å²) in [6.45, 7) is 1.24. The molecule has 1 saturated heterocycles. The number of amides is 1. The third-order valence-electron chi connectivity index (χ3n) is 3.85. The normalized spacial score (nSPS) is 25.7. The maximum Gasteiger partial charge on any atom is 0.256 e. The number of hydrogen-bond acceptors (Lipinski definition) is 3. The molecule has 5 heteroatoms. The van der Waals surface area contributed by atoms with Crippen molar-refractivity contribution in [2.75, 3.05) is 18.0 Å². The van der Waals surface area contributed by atoms with Crippen LogP contribution in [0.15, 0.2) is 22.7 Å². The van der Waals surface area contributed by atoms with Crippen LogP contribution in [-0.2, 0) is 16.0 Å². The molecular weight excluding hydrogens is 308 g/mol. The second kappa shape index (κ2) is 5.23. The van der Waals surface area contributed by atoms with Gasteiger partial charge in [0.05, 0.1) is 6.10 Å². The topological polar surface area (TPSA) is 55.6 Å². The lowest BCUT2D eigenvalue weighted by atomic mass is 10.1. The molecule has 3 rings (SSSR count). The van der Waals surface area contributed by atoms with Crippen molar-refractivity contribution in [2.24, 2.45) is 5.73 Å². The van der Waals surface area contributed by atoms with Crippen LogP contribution in [-0.4, -0.2) is 31.2 Å². The summed E-state index contributed by atoms with van der Waals surface area (Å²) in [7, 11) is 0. The van der Waals surface area contributed by atoms with Gasteiger partial charge in [-0.3, -0.25) is 4.79 Å². The molecule has 4 nitrogen and oxygen atoms in total. The monoisotopic (exact) mass is 324 g/mol. The molecule has 102 valence electrons. The summed E-state index contributed by atoms with van der Waals surface area (Å²) in [6.07, 6.45) is 2.30. The fourth-order valence-electron chi connectivity index (χ4n) is 2.83. The van der Waals surface area contributed by atoms with Crippen molar-refractivity contribution in [3.05, 3.63) is 28.2 Å². The Morgan fingerprint density at radius 3 is 3.05 bits per heavy atom. The third kappa shape index (κ3) is 2.42. The van der Waals surface area contributed by atoms with Crippen molar-refractivity contribution in [3.63, 3.8) is 0 Å². The number of rotatable bonds is 2. The summed E-state index contributed by atoms with van der Waals surface area (Å²) in [5.41, 5.74) is 7.83. The van der Waals surface area contributed by atoms with Crippen molar-refractivity contribution in [3.8, 4) is 0 Å². The van der Waals surface area contributed by atoms with E-state index < -0.39 is 0 Å². The van der Waals surface area contributed by atoms with Gasteiger partial charge in [-0.15, -0.1) is 0 Å². The van der Waals surface area contributed by atoms with Crippen molar-refractivity contribution >= 4 is 27.5 Å². The van der Waals surface area contributed by atoms with E-state index in [9.17, 15) is 4.79 Å². The average Bonchev–Trinajstić information content (AvgIpc) is 3.03. The van der Waals surface area contributed by atoms with Gasteiger partial charge in [0.15, 0.2) is 0 Å². The molecule has 2 aliphatic rings. The zero-order chi connectivity index (χ0) is 13.4. The summed E-state index contributed by atoms with van der Waals surface area (Å²) in [6, 6.07) is 6.06. The van der Waals surface area contributed by atoms with Gasteiger partial charge in [0.25, 0.3) is 5.91 Å². The molecule has 0 aliphatic carbocycles. The average molecular weight is 325 g/mol. The first-order valence-electron chi connectivity index (χ1n) is 6.64. The maximum absolute atomic E-state index is 12.5. The summed E-state index contributed by atoms with van der Waals surface area (Å²) < 4.78 is 6.75. The standard InChI is InChI=1S/C14H17BrN2O2/c15-10-1-3-12-9(7-10)5-6-17(12)14(18)13-4-2-11(8-16)19-13/h1,3,7,11,13H,2,4-6,8,16H2/t11-,13+/m1/s1. The first-order valence-corrected chi connectivity index (χ1v) is 7.43. The number of ether oxygens (including phenoxy) is 1. The molecule has 0 radical (unpaired) electrons. The van der Waals surface area contributed by atoms with Crippen LogP contribution in [0.4, 0.5) is 5.69 Å². The van der Waals surface area contributed by atoms with Gasteiger partial charge in [-0.25, -0.2) is 0 Å². The minimum absolute atomic E-state index is 0.0425. The van der Waals surface area contributed by atoms with Gasteiger partial charge < -0.3 is 15.4 Å². The highest BCUT2D eigenvalue weighted by Gasteiger charge is 2.35. The van der Waals surface area contributed by atoms with Crippen molar-refractivity contribution < 1.29 is 9.53 Å². The molecule has 1 aromatic rings. The van der Waals surface area contributed by atoms with E-state index in [0.717, 1.165) is 36.0 Å². The van der Waals surface area contributed by atoms with E-state index in [1.807, 2.05) is 17.0 Å². The van der Waals surface area contributed by atoms with Crippen molar-refractivity contribution in [1.82, 2.24) is 0 Å². The van der Waals surface area contributed by atoms with Gasteiger partial charge in [0.1, 0.15) is 6.10 Å². The van der Waals surface area contributed by atoms with Crippen LogP contribution < -0.4 is 10.6 Å². The van der Waals surface area contributed by atoms with E-state index in [-0.39, 0.29) is 18.1 Å². The number of fused-ring (bicyclic) bond motifs is 1. The summed E-state index contributed by atoms with van der Waals surface area (Å²) in [5, 5.41) is 0. The van der Waals surface area contributed by atoms with Crippen molar-refractivity contribution in [2.45, 2.75) is 31.5 Å². The second-order valence-corrected chi connectivity index (χ2v) is 5.99. The number of nitrogens with zero attached hydrogens (tertiary/aromatic N) is 1. The minimum Gasteiger partial charge on any atom is -0.364 e. The summed E-state index contributed by atoms with van der Waals surface area (Å²) >= 11 is 3.46. The van der Waals surface area contributed by atoms with E-state index in [2.05, 4.69) is 22.0 Å². The summed E-state index contributed by atoms with van der Waals surface area (Å²) in [5.74, 6) is 0.0806. The van der Waals surface area contributed by atoms with Crippen LogP contribution in [0.5, 0.6) is 0 Å². The van der Waals surface area contributed by atoms with E-state index in [1.165, 1.54) is 5.56 Å². The molecule has 2 heterocycles. The van der Waals surface area contributed by atoms with Crippen molar-refractivity contribution in [1.29, 1.82) is 0 Å². The molecule has 1 aromatic carbocycles. The predicted molar refractivity (Wildman–Crippen MR) is 77.1 cm³/mol. The molecule has 0 spiro atoms. The molecule has 19 heavy (non-hydrogen) atoms. The van der Waals surface area contributed by atoms with Crippen LogP contribution >= 0.6 is 15.9 Å². The lowest BCUT2D eigenvalue weighted by molar-refractivity contribution is -0.129. The highest BCUT2D eigenvalue weighted by molar-refractivity contribution is 9.10. The SMILES string of the molecule is NC[C@H]1CC[C@@H](C(=O)N2CCc3cc(Br)ccc32)O1. The fourth-order valence-corrected chi connectivity index (χ4v) is 3.24. The summed E-state index contributed by atoms with van der Waals surface area (Å²) in [4.78, 5) is 14.4. The Morgan fingerprint density at radius 2 is 2.32 bits per heavy atom. The first-order chi connectivity index (χ1) is 9.19. The zero-order valence-electron chi connectivity index (χ0n) is 10.6. The highest BCUT2D eigenvalue weighted by atomic mass is 79.9. The second-order valence-electron chi connectivity index (χ2n) is 5.07. The molecule has 0 saturated carbocycles. The van der Waals surface area contributed by atoms with Crippen LogP contribution in [0.25, 0.3) is 0 Å². The predicted octanol–water partition coefficient (Wildman–Crippen LogP) is 1.84. The van der Waals surface area contributed by atoms with Gasteiger partial charge >= 0.3 is 0 Å². The minimum atomic E-state index is -0.317. The van der Waals surface area contributed by atoms with Crippen LogP contribution in [0.1, 0.15) is 18.4 Å². The number of anilines is 1. The number of benzene rings is 1. The van der Waals surface area contributed by atoms with Gasteiger partial charge in [0.2, 0.25) is 0 Å². The molecule has 0 unspecified atom stereocenters. The largest absolute Gasteiger partial charge is 0.364 e. The Hall–Kier alpha value is -0.910. The molecule has 1 amide bonds. The lowest BCUT2D eigenvalue weighted by Crippen LogP contribution is -2.38. The molecule has 1 fully saturated rings. The Bertz CT molecular complexity index is 506. The van der Waals surface area contributed by atoms with Gasteiger partial charge in [-0.1, -0.05) is 15.9 Å². The molecule has 2 aliphatic heterocycles.